The molecule has 0 saturated heterocycles. The molecule has 15 heavy (non-hydrogen) atoms. The van der Waals surface area contributed by atoms with Crippen LogP contribution in [0.2, 0.25) is 0 Å². The standard InChI is InChI=1S/C12H17NO2/c1-9-5-6-12-10(8-9)11(13-14-2)4-3-7-15-12/h5-6,8,11,13H,3-4,7H2,1-2H3/t11-/m0/s1. The van der Waals surface area contributed by atoms with E-state index in [1.165, 1.54) is 11.1 Å². The summed E-state index contributed by atoms with van der Waals surface area (Å²) in [5.74, 6) is 0.979. The molecule has 3 nitrogen and oxygen atoms in total. The van der Waals surface area contributed by atoms with E-state index in [9.17, 15) is 0 Å². The van der Waals surface area contributed by atoms with Gasteiger partial charge in [-0.25, -0.2) is 0 Å². The predicted octanol–water partition coefficient (Wildman–Crippen LogP) is 2.36. The van der Waals surface area contributed by atoms with E-state index in [-0.39, 0.29) is 6.04 Å². The highest BCUT2D eigenvalue weighted by Crippen LogP contribution is 2.31. The number of aryl methyl sites for hydroxylation is 1. The van der Waals surface area contributed by atoms with Crippen LogP contribution in [0.4, 0.5) is 0 Å². The van der Waals surface area contributed by atoms with Crippen molar-refractivity contribution in [1.82, 2.24) is 5.48 Å². The number of hydrogen-bond acceptors (Lipinski definition) is 3. The second-order valence-electron chi connectivity index (χ2n) is 3.91. The molecular weight excluding hydrogens is 190 g/mol. The summed E-state index contributed by atoms with van der Waals surface area (Å²) in [5.41, 5.74) is 5.48. The molecule has 0 saturated carbocycles. The summed E-state index contributed by atoms with van der Waals surface area (Å²) in [6.07, 6.45) is 2.10. The molecule has 3 heteroatoms. The number of ether oxygens (including phenoxy) is 1. The molecule has 0 amide bonds. The second-order valence-corrected chi connectivity index (χ2v) is 3.91. The summed E-state index contributed by atoms with van der Waals surface area (Å²) in [6.45, 7) is 2.88. The molecule has 0 aromatic heterocycles. The summed E-state index contributed by atoms with van der Waals surface area (Å²) in [4.78, 5) is 5.03. The average Bonchev–Trinajstić information content (AvgIpc) is 2.42. The lowest BCUT2D eigenvalue weighted by Gasteiger charge is -2.17. The van der Waals surface area contributed by atoms with Gasteiger partial charge >= 0.3 is 0 Å². The smallest absolute Gasteiger partial charge is 0.124 e. The third-order valence-corrected chi connectivity index (χ3v) is 2.70. The van der Waals surface area contributed by atoms with Crippen LogP contribution < -0.4 is 10.2 Å². The number of fused-ring (bicyclic) bond motifs is 1. The van der Waals surface area contributed by atoms with E-state index < -0.39 is 0 Å². The van der Waals surface area contributed by atoms with Crippen molar-refractivity contribution in [2.24, 2.45) is 0 Å². The van der Waals surface area contributed by atoms with Crippen LogP contribution in [0.1, 0.15) is 30.0 Å². The van der Waals surface area contributed by atoms with Gasteiger partial charge in [0.15, 0.2) is 0 Å². The van der Waals surface area contributed by atoms with Crippen molar-refractivity contribution in [3.63, 3.8) is 0 Å². The van der Waals surface area contributed by atoms with Crippen molar-refractivity contribution < 1.29 is 9.57 Å². The molecule has 2 rings (SSSR count). The fourth-order valence-electron chi connectivity index (χ4n) is 1.96. The lowest BCUT2D eigenvalue weighted by molar-refractivity contribution is 0.0579. The van der Waals surface area contributed by atoms with Gasteiger partial charge in [-0.3, -0.25) is 0 Å². The van der Waals surface area contributed by atoms with E-state index in [4.69, 9.17) is 9.57 Å². The van der Waals surface area contributed by atoms with E-state index >= 15 is 0 Å². The molecule has 0 bridgehead atoms. The largest absolute Gasteiger partial charge is 0.493 e. The molecule has 1 heterocycles. The van der Waals surface area contributed by atoms with Gasteiger partial charge in [-0.15, -0.1) is 0 Å². The van der Waals surface area contributed by atoms with Crippen LogP contribution >= 0.6 is 0 Å². The van der Waals surface area contributed by atoms with Crippen LogP contribution in [-0.4, -0.2) is 13.7 Å². The molecule has 1 atom stereocenters. The van der Waals surface area contributed by atoms with Crippen molar-refractivity contribution in [2.45, 2.75) is 25.8 Å². The molecule has 1 aliphatic rings. The van der Waals surface area contributed by atoms with Gasteiger partial charge in [0.25, 0.3) is 0 Å². The zero-order chi connectivity index (χ0) is 10.7. The van der Waals surface area contributed by atoms with E-state index in [2.05, 4.69) is 24.5 Å². The first-order valence-corrected chi connectivity index (χ1v) is 5.33. The quantitative estimate of drug-likeness (QED) is 0.755. The van der Waals surface area contributed by atoms with Crippen molar-refractivity contribution in [3.05, 3.63) is 29.3 Å². The minimum Gasteiger partial charge on any atom is -0.493 e. The van der Waals surface area contributed by atoms with Crippen LogP contribution in [0.3, 0.4) is 0 Å². The first kappa shape index (κ1) is 10.5. The van der Waals surface area contributed by atoms with Crippen LogP contribution in [0.25, 0.3) is 0 Å². The highest BCUT2D eigenvalue weighted by Gasteiger charge is 2.19. The Hall–Kier alpha value is -1.06. The molecule has 1 aromatic carbocycles. The lowest BCUT2D eigenvalue weighted by atomic mass is 10.0. The number of nitrogens with one attached hydrogen (secondary N) is 1. The Morgan fingerprint density at radius 1 is 1.47 bits per heavy atom. The third-order valence-electron chi connectivity index (χ3n) is 2.70. The maximum Gasteiger partial charge on any atom is 0.124 e. The molecule has 82 valence electrons. The van der Waals surface area contributed by atoms with Crippen molar-refractivity contribution in [2.75, 3.05) is 13.7 Å². The summed E-state index contributed by atoms with van der Waals surface area (Å²) in [5, 5.41) is 0. The van der Waals surface area contributed by atoms with Gasteiger partial charge in [0.1, 0.15) is 5.75 Å². The molecule has 0 spiro atoms. The minimum atomic E-state index is 0.243. The van der Waals surface area contributed by atoms with E-state index in [0.29, 0.717) is 0 Å². The number of hydroxylamine groups is 1. The molecule has 1 aliphatic heterocycles. The second kappa shape index (κ2) is 4.64. The van der Waals surface area contributed by atoms with Gasteiger partial charge in [0, 0.05) is 5.56 Å². The van der Waals surface area contributed by atoms with Crippen molar-refractivity contribution >= 4 is 0 Å². The SMILES string of the molecule is CON[C@H]1CCCOc2ccc(C)cc21. The fourth-order valence-corrected chi connectivity index (χ4v) is 1.96. The summed E-state index contributed by atoms with van der Waals surface area (Å²) in [6, 6.07) is 6.53. The molecule has 0 fully saturated rings. The van der Waals surface area contributed by atoms with Gasteiger partial charge in [-0.1, -0.05) is 17.7 Å². The fraction of sp³-hybridized carbons (Fsp3) is 0.500. The third kappa shape index (κ3) is 2.30. The van der Waals surface area contributed by atoms with Gasteiger partial charge in [-0.05, 0) is 25.8 Å². The maximum atomic E-state index is 5.68. The van der Waals surface area contributed by atoms with Crippen LogP contribution in [0.15, 0.2) is 18.2 Å². The first-order chi connectivity index (χ1) is 7.31. The zero-order valence-corrected chi connectivity index (χ0v) is 9.25. The topological polar surface area (TPSA) is 30.5 Å². The van der Waals surface area contributed by atoms with Crippen molar-refractivity contribution in [3.8, 4) is 5.75 Å². The van der Waals surface area contributed by atoms with Gasteiger partial charge < -0.3 is 9.57 Å². The highest BCUT2D eigenvalue weighted by molar-refractivity contribution is 5.39. The zero-order valence-electron chi connectivity index (χ0n) is 9.25. The van der Waals surface area contributed by atoms with Gasteiger partial charge in [0.05, 0.1) is 19.8 Å². The van der Waals surface area contributed by atoms with E-state index in [0.717, 1.165) is 25.2 Å². The number of benzene rings is 1. The molecular formula is C12H17NO2. The Morgan fingerprint density at radius 3 is 3.13 bits per heavy atom. The van der Waals surface area contributed by atoms with Gasteiger partial charge in [-0.2, -0.15) is 5.48 Å². The molecule has 0 unspecified atom stereocenters. The Balaban J connectivity index is 2.33. The molecule has 1 N–H and O–H groups in total. The number of rotatable bonds is 2. The predicted molar refractivity (Wildman–Crippen MR) is 58.8 cm³/mol. The summed E-state index contributed by atoms with van der Waals surface area (Å²) >= 11 is 0. The minimum absolute atomic E-state index is 0.243. The maximum absolute atomic E-state index is 5.68. The Kier molecular flexibility index (Phi) is 3.23. The normalized spacial score (nSPS) is 20.3. The van der Waals surface area contributed by atoms with E-state index in [1.54, 1.807) is 7.11 Å². The monoisotopic (exact) mass is 207 g/mol. The Bertz CT molecular complexity index is 338. The Labute approximate surface area is 90.3 Å². The van der Waals surface area contributed by atoms with Crippen LogP contribution in [-0.2, 0) is 4.84 Å². The van der Waals surface area contributed by atoms with Crippen LogP contribution in [0, 0.1) is 6.92 Å². The molecule has 0 radical (unpaired) electrons. The lowest BCUT2D eigenvalue weighted by Crippen LogP contribution is -2.19. The average molecular weight is 207 g/mol. The summed E-state index contributed by atoms with van der Waals surface area (Å²) in [7, 11) is 1.65. The van der Waals surface area contributed by atoms with Gasteiger partial charge in [0.2, 0.25) is 0 Å². The first-order valence-electron chi connectivity index (χ1n) is 5.33. The van der Waals surface area contributed by atoms with Crippen molar-refractivity contribution in [1.29, 1.82) is 0 Å². The van der Waals surface area contributed by atoms with Crippen LogP contribution in [0.5, 0.6) is 5.75 Å². The van der Waals surface area contributed by atoms with E-state index in [1.807, 2.05) is 6.07 Å². The molecule has 0 aliphatic carbocycles. The summed E-state index contributed by atoms with van der Waals surface area (Å²) < 4.78 is 5.68. The Morgan fingerprint density at radius 2 is 2.33 bits per heavy atom. The highest BCUT2D eigenvalue weighted by atomic mass is 16.6. The number of hydrogen-bond donors (Lipinski definition) is 1. The molecule has 1 aromatic rings.